The zero-order valence-corrected chi connectivity index (χ0v) is 6.34. The molecule has 0 aromatic carbocycles. The lowest BCUT2D eigenvalue weighted by Gasteiger charge is -1.96. The van der Waals surface area contributed by atoms with Crippen molar-refractivity contribution in [3.05, 3.63) is 0 Å². The Morgan fingerprint density at radius 2 is 2.18 bits per heavy atom. The summed E-state index contributed by atoms with van der Waals surface area (Å²) in [5.74, 6) is -0.359. The number of hydrogen-bond acceptors (Lipinski definition) is 3. The quantitative estimate of drug-likeness (QED) is 0.354. The molecular weight excluding hydrogens is 144 g/mol. The molecule has 0 aromatic rings. The second-order valence-corrected chi connectivity index (χ2v) is 2.25. The van der Waals surface area contributed by atoms with Crippen LogP contribution in [0.3, 0.4) is 0 Å². The highest BCUT2D eigenvalue weighted by atomic mass is 16.5. The van der Waals surface area contributed by atoms with Crippen LogP contribution in [0.4, 0.5) is 0 Å². The maximum Gasteiger partial charge on any atom is 0.243 e. The van der Waals surface area contributed by atoms with Crippen molar-refractivity contribution < 1.29 is 10.0 Å². The molecule has 4 heteroatoms. The highest BCUT2D eigenvalue weighted by Crippen LogP contribution is 2.01. The molecule has 1 amide bonds. The van der Waals surface area contributed by atoms with E-state index in [1.165, 1.54) is 0 Å². The molecule has 0 aliphatic heterocycles. The van der Waals surface area contributed by atoms with Crippen LogP contribution in [0.2, 0.25) is 0 Å². The first-order valence-electron chi connectivity index (χ1n) is 3.61. The molecule has 0 rings (SSSR count). The van der Waals surface area contributed by atoms with Gasteiger partial charge >= 0.3 is 0 Å². The van der Waals surface area contributed by atoms with E-state index in [4.69, 9.17) is 10.5 Å². The Hall–Kier alpha value is -1.08. The summed E-state index contributed by atoms with van der Waals surface area (Å²) in [6.07, 6.45) is 3.30. The molecule has 0 saturated carbocycles. The standard InChI is InChI=1S/C7H12N2O2/c8-6-4-2-1-3-5-7(10)9-11/h11H,1-5H2,(H,9,10). The number of carbonyl (C=O) groups is 1. The molecule has 62 valence electrons. The van der Waals surface area contributed by atoms with Gasteiger partial charge < -0.3 is 0 Å². The van der Waals surface area contributed by atoms with Crippen LogP contribution in [0, 0.1) is 11.3 Å². The van der Waals surface area contributed by atoms with Crippen molar-refractivity contribution in [3.8, 4) is 6.07 Å². The minimum absolute atomic E-state index is 0.335. The molecule has 11 heavy (non-hydrogen) atoms. The third-order valence-corrected chi connectivity index (χ3v) is 1.32. The van der Waals surface area contributed by atoms with Crippen LogP contribution in [-0.2, 0) is 4.79 Å². The second kappa shape index (κ2) is 7.03. The number of carbonyl (C=O) groups excluding carboxylic acids is 1. The predicted octanol–water partition coefficient (Wildman–Crippen LogP) is 0.966. The van der Waals surface area contributed by atoms with Crippen molar-refractivity contribution in [3.63, 3.8) is 0 Å². The molecule has 0 heterocycles. The third kappa shape index (κ3) is 6.81. The van der Waals surface area contributed by atoms with Crippen molar-refractivity contribution in [1.82, 2.24) is 5.48 Å². The molecule has 0 bridgehead atoms. The Morgan fingerprint density at radius 1 is 1.45 bits per heavy atom. The van der Waals surface area contributed by atoms with Gasteiger partial charge in [0.2, 0.25) is 5.91 Å². The first-order valence-corrected chi connectivity index (χ1v) is 3.61. The number of nitriles is 1. The van der Waals surface area contributed by atoms with E-state index in [1.54, 1.807) is 5.48 Å². The van der Waals surface area contributed by atoms with Gasteiger partial charge in [-0.05, 0) is 12.8 Å². The van der Waals surface area contributed by atoms with Crippen molar-refractivity contribution in [2.75, 3.05) is 0 Å². The summed E-state index contributed by atoms with van der Waals surface area (Å²) in [5, 5.41) is 16.2. The van der Waals surface area contributed by atoms with Gasteiger partial charge in [-0.15, -0.1) is 0 Å². The van der Waals surface area contributed by atoms with Gasteiger partial charge in [0.05, 0.1) is 6.07 Å². The zero-order valence-electron chi connectivity index (χ0n) is 6.34. The number of rotatable bonds is 5. The van der Waals surface area contributed by atoms with Crippen LogP contribution >= 0.6 is 0 Å². The van der Waals surface area contributed by atoms with Gasteiger partial charge in [0.15, 0.2) is 0 Å². The van der Waals surface area contributed by atoms with E-state index in [-0.39, 0.29) is 5.91 Å². The average molecular weight is 156 g/mol. The lowest BCUT2D eigenvalue weighted by molar-refractivity contribution is -0.129. The maximum atomic E-state index is 10.4. The summed E-state index contributed by atoms with van der Waals surface area (Å²) in [6, 6.07) is 2.02. The Morgan fingerprint density at radius 3 is 2.73 bits per heavy atom. The van der Waals surface area contributed by atoms with Gasteiger partial charge in [-0.3, -0.25) is 10.0 Å². The Labute approximate surface area is 65.8 Å². The normalized spacial score (nSPS) is 8.73. The molecule has 0 aromatic heterocycles. The van der Waals surface area contributed by atoms with Gasteiger partial charge in [-0.1, -0.05) is 6.42 Å². The highest BCUT2D eigenvalue weighted by molar-refractivity contribution is 5.74. The minimum atomic E-state index is -0.359. The predicted molar refractivity (Wildman–Crippen MR) is 38.6 cm³/mol. The summed E-state index contributed by atoms with van der Waals surface area (Å²) >= 11 is 0. The van der Waals surface area contributed by atoms with Crippen LogP contribution in [0.25, 0.3) is 0 Å². The van der Waals surface area contributed by atoms with Crippen molar-refractivity contribution in [2.45, 2.75) is 32.1 Å². The van der Waals surface area contributed by atoms with Gasteiger partial charge in [-0.25, -0.2) is 5.48 Å². The molecule has 0 radical (unpaired) electrons. The molecule has 0 aliphatic carbocycles. The minimum Gasteiger partial charge on any atom is -0.289 e. The average Bonchev–Trinajstić information content (AvgIpc) is 2.04. The number of amides is 1. The monoisotopic (exact) mass is 156 g/mol. The van der Waals surface area contributed by atoms with Crippen molar-refractivity contribution in [1.29, 1.82) is 5.26 Å². The largest absolute Gasteiger partial charge is 0.289 e. The SMILES string of the molecule is N#CCCCCCC(=O)NO. The fourth-order valence-electron chi connectivity index (χ4n) is 0.722. The number of hydrogen-bond donors (Lipinski definition) is 2. The summed E-state index contributed by atoms with van der Waals surface area (Å²) in [6.45, 7) is 0. The van der Waals surface area contributed by atoms with Gasteiger partial charge in [0.1, 0.15) is 0 Å². The number of nitrogens with zero attached hydrogens (tertiary/aromatic N) is 1. The van der Waals surface area contributed by atoms with Crippen LogP contribution in [0.15, 0.2) is 0 Å². The number of nitrogens with one attached hydrogen (secondary N) is 1. The Kier molecular flexibility index (Phi) is 6.34. The van der Waals surface area contributed by atoms with E-state index in [9.17, 15) is 4.79 Å². The number of hydroxylamine groups is 1. The molecular formula is C7H12N2O2. The van der Waals surface area contributed by atoms with Crippen LogP contribution in [0.1, 0.15) is 32.1 Å². The number of unbranched alkanes of at least 4 members (excludes halogenated alkanes) is 3. The lowest BCUT2D eigenvalue weighted by Crippen LogP contribution is -2.17. The fourth-order valence-corrected chi connectivity index (χ4v) is 0.722. The third-order valence-electron chi connectivity index (χ3n) is 1.32. The summed E-state index contributed by atoms with van der Waals surface area (Å²) in [5.41, 5.74) is 1.55. The van der Waals surface area contributed by atoms with Gasteiger partial charge in [-0.2, -0.15) is 5.26 Å². The van der Waals surface area contributed by atoms with Crippen molar-refractivity contribution in [2.24, 2.45) is 0 Å². The van der Waals surface area contributed by atoms with E-state index in [0.29, 0.717) is 12.8 Å². The molecule has 0 atom stereocenters. The molecule has 0 saturated heterocycles. The maximum absolute atomic E-state index is 10.4. The van der Waals surface area contributed by atoms with Gasteiger partial charge in [0, 0.05) is 12.8 Å². The highest BCUT2D eigenvalue weighted by Gasteiger charge is 1.96. The topological polar surface area (TPSA) is 73.1 Å². The molecule has 0 fully saturated rings. The van der Waals surface area contributed by atoms with E-state index >= 15 is 0 Å². The van der Waals surface area contributed by atoms with Crippen molar-refractivity contribution >= 4 is 5.91 Å². The fraction of sp³-hybridized carbons (Fsp3) is 0.714. The lowest BCUT2D eigenvalue weighted by atomic mass is 10.1. The van der Waals surface area contributed by atoms with Crippen LogP contribution < -0.4 is 5.48 Å². The summed E-state index contributed by atoms with van der Waals surface area (Å²) < 4.78 is 0. The van der Waals surface area contributed by atoms with Crippen LogP contribution in [0.5, 0.6) is 0 Å². The molecule has 0 unspecified atom stereocenters. The second-order valence-electron chi connectivity index (χ2n) is 2.25. The van der Waals surface area contributed by atoms with E-state index in [2.05, 4.69) is 0 Å². The first-order chi connectivity index (χ1) is 5.31. The smallest absolute Gasteiger partial charge is 0.243 e. The summed E-state index contributed by atoms with van der Waals surface area (Å²) in [4.78, 5) is 10.4. The van der Waals surface area contributed by atoms with Gasteiger partial charge in [0.25, 0.3) is 0 Å². The van der Waals surface area contributed by atoms with Crippen LogP contribution in [-0.4, -0.2) is 11.1 Å². The van der Waals surface area contributed by atoms with E-state index < -0.39 is 0 Å². The Balaban J connectivity index is 3.03. The first kappa shape index (κ1) is 9.92. The molecule has 2 N–H and O–H groups in total. The van der Waals surface area contributed by atoms with E-state index in [0.717, 1.165) is 19.3 Å². The summed E-state index contributed by atoms with van der Waals surface area (Å²) in [7, 11) is 0. The molecule has 0 aliphatic rings. The molecule has 0 spiro atoms. The zero-order chi connectivity index (χ0) is 8.53. The van der Waals surface area contributed by atoms with E-state index in [1.807, 2.05) is 6.07 Å². The Bertz CT molecular complexity index is 151. The molecule has 4 nitrogen and oxygen atoms in total.